The van der Waals surface area contributed by atoms with Gasteiger partial charge >= 0.3 is 5.97 Å². The zero-order chi connectivity index (χ0) is 23.7. The quantitative estimate of drug-likeness (QED) is 0.475. The predicted octanol–water partition coefficient (Wildman–Crippen LogP) is 3.53. The maximum absolute atomic E-state index is 13.0. The van der Waals surface area contributed by atoms with Crippen molar-refractivity contribution in [1.82, 2.24) is 14.3 Å². The van der Waals surface area contributed by atoms with E-state index in [1.54, 1.807) is 49.8 Å². The molecule has 4 aromatic rings. The number of nitrogens with one attached hydrogen (secondary N) is 1. The fraction of sp³-hybridized carbons (Fsp3) is 0.200. The van der Waals surface area contributed by atoms with Gasteiger partial charge in [-0.3, -0.25) is 19.3 Å². The van der Waals surface area contributed by atoms with E-state index >= 15 is 0 Å². The predicted molar refractivity (Wildman–Crippen MR) is 126 cm³/mol. The fourth-order valence-corrected chi connectivity index (χ4v) is 3.69. The van der Waals surface area contributed by atoms with E-state index in [0.29, 0.717) is 33.5 Å². The van der Waals surface area contributed by atoms with Crippen molar-refractivity contribution in [2.45, 2.75) is 26.9 Å². The zero-order valence-electron chi connectivity index (χ0n) is 18.8. The monoisotopic (exact) mass is 444 g/mol. The van der Waals surface area contributed by atoms with Crippen LogP contribution in [0.5, 0.6) is 0 Å². The molecule has 2 heterocycles. The molecule has 2 aromatic carbocycles. The Morgan fingerprint density at radius 3 is 2.42 bits per heavy atom. The number of aromatic nitrogens is 3. The minimum atomic E-state index is -1.12. The van der Waals surface area contributed by atoms with Gasteiger partial charge in [-0.25, -0.2) is 9.48 Å². The number of hydrogen-bond donors (Lipinski definition) is 1. The van der Waals surface area contributed by atoms with E-state index in [-0.39, 0.29) is 11.2 Å². The lowest BCUT2D eigenvalue weighted by Gasteiger charge is -2.14. The smallest absolute Gasteiger partial charge is 0.339 e. The van der Waals surface area contributed by atoms with Crippen LogP contribution < -0.4 is 10.9 Å². The standard InChI is InChI=1S/C25H24N4O4/c1-15-14-20(19-12-8-9-13-21(19)26-15)25(32)33-17(3)23(30)27-22-16(2)28(4)29(24(22)31)18-10-6-5-7-11-18/h5-14,17H,1-4H3,(H,27,30). The molecule has 4 rings (SSSR count). The largest absolute Gasteiger partial charge is 0.449 e. The van der Waals surface area contributed by atoms with Crippen LogP contribution in [0.3, 0.4) is 0 Å². The molecule has 0 aliphatic carbocycles. The molecule has 0 aliphatic rings. The summed E-state index contributed by atoms with van der Waals surface area (Å²) in [5.74, 6) is -1.23. The van der Waals surface area contributed by atoms with Crippen molar-refractivity contribution in [2.75, 3.05) is 5.32 Å². The molecule has 0 fully saturated rings. The van der Waals surface area contributed by atoms with E-state index in [1.165, 1.54) is 11.6 Å². The number of fused-ring (bicyclic) bond motifs is 1. The number of carbonyl (C=O) groups excluding carboxylic acids is 2. The van der Waals surface area contributed by atoms with Crippen LogP contribution in [-0.4, -0.2) is 32.3 Å². The average Bonchev–Trinajstić information content (AvgIpc) is 3.01. The first kappa shape index (κ1) is 22.0. The molecule has 0 saturated heterocycles. The minimum Gasteiger partial charge on any atom is -0.449 e. The number of aryl methyl sites for hydroxylation is 1. The number of rotatable bonds is 5. The van der Waals surface area contributed by atoms with Crippen molar-refractivity contribution in [3.8, 4) is 5.69 Å². The number of anilines is 1. The minimum absolute atomic E-state index is 0.138. The Morgan fingerprint density at radius 1 is 1.03 bits per heavy atom. The van der Waals surface area contributed by atoms with E-state index in [4.69, 9.17) is 4.74 Å². The average molecular weight is 444 g/mol. The normalized spacial score (nSPS) is 11.9. The van der Waals surface area contributed by atoms with Gasteiger partial charge in [-0.1, -0.05) is 36.4 Å². The molecule has 168 valence electrons. The van der Waals surface area contributed by atoms with Crippen molar-refractivity contribution in [3.63, 3.8) is 0 Å². The van der Waals surface area contributed by atoms with Gasteiger partial charge in [0.2, 0.25) is 0 Å². The van der Waals surface area contributed by atoms with Crippen LogP contribution in [0, 0.1) is 13.8 Å². The zero-order valence-corrected chi connectivity index (χ0v) is 18.8. The maximum atomic E-state index is 13.0. The van der Waals surface area contributed by atoms with Gasteiger partial charge in [0.1, 0.15) is 5.69 Å². The Hall–Kier alpha value is -4.20. The second-order valence-corrected chi connectivity index (χ2v) is 7.80. The second-order valence-electron chi connectivity index (χ2n) is 7.80. The summed E-state index contributed by atoms with van der Waals surface area (Å²) in [4.78, 5) is 43.1. The third kappa shape index (κ3) is 4.15. The number of esters is 1. The Bertz CT molecular complexity index is 1420. The lowest BCUT2D eigenvalue weighted by atomic mass is 10.1. The number of amides is 1. The third-order valence-electron chi connectivity index (χ3n) is 5.52. The maximum Gasteiger partial charge on any atom is 0.339 e. The van der Waals surface area contributed by atoms with E-state index in [0.717, 1.165) is 0 Å². The molecular formula is C25H24N4O4. The van der Waals surface area contributed by atoms with E-state index < -0.39 is 18.0 Å². The van der Waals surface area contributed by atoms with Crippen molar-refractivity contribution >= 4 is 28.5 Å². The van der Waals surface area contributed by atoms with E-state index in [1.807, 2.05) is 36.4 Å². The number of benzene rings is 2. The number of pyridine rings is 1. The highest BCUT2D eigenvalue weighted by molar-refractivity contribution is 6.05. The molecule has 0 spiro atoms. The highest BCUT2D eigenvalue weighted by atomic mass is 16.5. The second kappa shape index (κ2) is 8.74. The Kier molecular flexibility index (Phi) is 5.83. The van der Waals surface area contributed by atoms with Crippen LogP contribution in [0.4, 0.5) is 5.69 Å². The number of para-hydroxylation sites is 2. The van der Waals surface area contributed by atoms with Crippen molar-refractivity contribution < 1.29 is 14.3 Å². The fourth-order valence-electron chi connectivity index (χ4n) is 3.69. The molecular weight excluding hydrogens is 420 g/mol. The first-order valence-electron chi connectivity index (χ1n) is 10.5. The van der Waals surface area contributed by atoms with Gasteiger partial charge in [0, 0.05) is 18.1 Å². The van der Waals surface area contributed by atoms with Crippen molar-refractivity contribution in [3.05, 3.63) is 88.0 Å². The van der Waals surface area contributed by atoms with Crippen LogP contribution >= 0.6 is 0 Å². The molecule has 0 aliphatic heterocycles. The van der Waals surface area contributed by atoms with Gasteiger partial charge < -0.3 is 10.1 Å². The SMILES string of the molecule is Cc1cc(C(=O)OC(C)C(=O)Nc2c(C)n(C)n(-c3ccccc3)c2=O)c2ccccc2n1. The molecule has 1 amide bonds. The van der Waals surface area contributed by atoms with Crippen molar-refractivity contribution in [1.29, 1.82) is 0 Å². The van der Waals surface area contributed by atoms with Crippen LogP contribution in [0.15, 0.2) is 65.5 Å². The number of ether oxygens (including phenoxy) is 1. The molecule has 1 N–H and O–H groups in total. The summed E-state index contributed by atoms with van der Waals surface area (Å²) in [6.45, 7) is 4.99. The van der Waals surface area contributed by atoms with Crippen LogP contribution in [0.2, 0.25) is 0 Å². The van der Waals surface area contributed by atoms with E-state index in [9.17, 15) is 14.4 Å². The Labute approximate surface area is 190 Å². The molecule has 0 saturated carbocycles. The lowest BCUT2D eigenvalue weighted by Crippen LogP contribution is -2.32. The summed E-state index contributed by atoms with van der Waals surface area (Å²) in [6, 6.07) is 18.0. The first-order chi connectivity index (χ1) is 15.8. The summed E-state index contributed by atoms with van der Waals surface area (Å²) >= 11 is 0. The summed E-state index contributed by atoms with van der Waals surface area (Å²) in [5, 5.41) is 3.28. The first-order valence-corrected chi connectivity index (χ1v) is 10.5. The summed E-state index contributed by atoms with van der Waals surface area (Å²) in [7, 11) is 1.74. The highest BCUT2D eigenvalue weighted by Crippen LogP contribution is 2.20. The molecule has 1 atom stereocenters. The molecule has 1 unspecified atom stereocenters. The number of nitrogens with zero attached hydrogens (tertiary/aromatic N) is 3. The van der Waals surface area contributed by atoms with Gasteiger partial charge in [-0.15, -0.1) is 0 Å². The van der Waals surface area contributed by atoms with Crippen LogP contribution in [0.25, 0.3) is 16.6 Å². The topological polar surface area (TPSA) is 95.2 Å². The van der Waals surface area contributed by atoms with Gasteiger partial charge in [0.15, 0.2) is 6.10 Å². The summed E-state index contributed by atoms with van der Waals surface area (Å²) < 4.78 is 8.57. The molecule has 8 heteroatoms. The van der Waals surface area contributed by atoms with Gasteiger partial charge in [-0.05, 0) is 45.0 Å². The van der Waals surface area contributed by atoms with Gasteiger partial charge in [0.25, 0.3) is 11.5 Å². The van der Waals surface area contributed by atoms with Gasteiger partial charge in [0.05, 0.1) is 22.5 Å². The summed E-state index contributed by atoms with van der Waals surface area (Å²) in [6.07, 6.45) is -1.12. The molecule has 2 aromatic heterocycles. The molecule has 0 radical (unpaired) electrons. The van der Waals surface area contributed by atoms with Crippen molar-refractivity contribution in [2.24, 2.45) is 7.05 Å². The molecule has 0 bridgehead atoms. The third-order valence-corrected chi connectivity index (χ3v) is 5.52. The van der Waals surface area contributed by atoms with Gasteiger partial charge in [-0.2, -0.15) is 0 Å². The summed E-state index contributed by atoms with van der Waals surface area (Å²) in [5.41, 5.74) is 2.69. The lowest BCUT2D eigenvalue weighted by molar-refractivity contribution is -0.123. The van der Waals surface area contributed by atoms with E-state index in [2.05, 4.69) is 10.3 Å². The number of carbonyl (C=O) groups is 2. The molecule has 8 nitrogen and oxygen atoms in total. The molecule has 33 heavy (non-hydrogen) atoms. The highest BCUT2D eigenvalue weighted by Gasteiger charge is 2.24. The van der Waals surface area contributed by atoms with Crippen LogP contribution in [-0.2, 0) is 16.6 Å². The Balaban J connectivity index is 1.56. The number of hydrogen-bond acceptors (Lipinski definition) is 5. The van der Waals surface area contributed by atoms with Crippen LogP contribution in [0.1, 0.15) is 28.7 Å². The Morgan fingerprint density at radius 2 is 1.70 bits per heavy atom.